The van der Waals surface area contributed by atoms with E-state index in [9.17, 15) is 0 Å². The average Bonchev–Trinajstić information content (AvgIpc) is 2.97. The summed E-state index contributed by atoms with van der Waals surface area (Å²) >= 11 is 1.66. The summed E-state index contributed by atoms with van der Waals surface area (Å²) < 4.78 is 0. The normalized spacial score (nSPS) is 12.8. The molecule has 108 valence electrons. The Hall–Kier alpha value is -1.23. The molecule has 1 aromatic heterocycles. The lowest BCUT2D eigenvalue weighted by atomic mass is 10.0. The van der Waals surface area contributed by atoms with Crippen molar-refractivity contribution < 1.29 is 0 Å². The molecule has 1 atom stereocenters. The quantitative estimate of drug-likeness (QED) is 0.808. The Balaban J connectivity index is 1.85. The van der Waals surface area contributed by atoms with E-state index < -0.39 is 0 Å². The van der Waals surface area contributed by atoms with Crippen molar-refractivity contribution in [1.82, 2.24) is 15.2 Å². The van der Waals surface area contributed by atoms with E-state index in [0.717, 1.165) is 31.7 Å². The lowest BCUT2D eigenvalue weighted by Crippen LogP contribution is -2.27. The van der Waals surface area contributed by atoms with E-state index in [1.165, 1.54) is 5.56 Å². The predicted octanol–water partition coefficient (Wildman–Crippen LogP) is 3.32. The first kappa shape index (κ1) is 15.2. The van der Waals surface area contributed by atoms with Gasteiger partial charge in [0, 0.05) is 24.5 Å². The molecule has 4 heteroatoms. The molecule has 0 saturated heterocycles. The second-order valence-electron chi connectivity index (χ2n) is 5.03. The first-order valence-electron chi connectivity index (χ1n) is 7.13. The molecule has 1 heterocycles. The zero-order valence-electron chi connectivity index (χ0n) is 12.2. The number of nitrogens with one attached hydrogen (secondary N) is 1. The van der Waals surface area contributed by atoms with Gasteiger partial charge < -0.3 is 10.2 Å². The van der Waals surface area contributed by atoms with Gasteiger partial charge in [-0.3, -0.25) is 0 Å². The summed E-state index contributed by atoms with van der Waals surface area (Å²) in [6, 6.07) is 11.1. The fourth-order valence-electron chi connectivity index (χ4n) is 2.34. The molecule has 0 saturated carbocycles. The highest BCUT2D eigenvalue weighted by Crippen LogP contribution is 2.17. The Morgan fingerprint density at radius 2 is 2.10 bits per heavy atom. The third kappa shape index (κ3) is 4.71. The van der Waals surface area contributed by atoms with Gasteiger partial charge in [-0.25, -0.2) is 4.98 Å². The maximum absolute atomic E-state index is 4.34. The Kier molecular flexibility index (Phi) is 6.18. The highest BCUT2D eigenvalue weighted by molar-refractivity contribution is 7.07. The van der Waals surface area contributed by atoms with Gasteiger partial charge in [0.05, 0.1) is 11.2 Å². The van der Waals surface area contributed by atoms with Gasteiger partial charge in [-0.1, -0.05) is 37.3 Å². The first-order valence-corrected chi connectivity index (χ1v) is 8.07. The minimum absolute atomic E-state index is 0.430. The zero-order valence-corrected chi connectivity index (χ0v) is 13.1. The van der Waals surface area contributed by atoms with E-state index in [1.54, 1.807) is 11.3 Å². The molecular formula is C16H23N3S. The van der Waals surface area contributed by atoms with Crippen LogP contribution in [0, 0.1) is 0 Å². The maximum atomic E-state index is 4.34. The van der Waals surface area contributed by atoms with E-state index in [2.05, 4.69) is 64.9 Å². The van der Waals surface area contributed by atoms with Gasteiger partial charge in [0.2, 0.25) is 0 Å². The third-order valence-electron chi connectivity index (χ3n) is 3.37. The van der Waals surface area contributed by atoms with Crippen LogP contribution < -0.4 is 5.32 Å². The average molecular weight is 289 g/mol. The second-order valence-corrected chi connectivity index (χ2v) is 5.75. The van der Waals surface area contributed by atoms with Gasteiger partial charge >= 0.3 is 0 Å². The summed E-state index contributed by atoms with van der Waals surface area (Å²) in [4.78, 5) is 6.67. The topological polar surface area (TPSA) is 28.2 Å². The van der Waals surface area contributed by atoms with E-state index >= 15 is 0 Å². The van der Waals surface area contributed by atoms with Crippen LogP contribution in [-0.4, -0.2) is 30.0 Å². The van der Waals surface area contributed by atoms with Crippen LogP contribution in [0.5, 0.6) is 0 Å². The summed E-state index contributed by atoms with van der Waals surface area (Å²) in [5.74, 6) is 0. The smallest absolute Gasteiger partial charge is 0.0795 e. The SMILES string of the molecule is CCNC(CCN(C)Cc1cscn1)c1ccccc1. The lowest BCUT2D eigenvalue weighted by molar-refractivity contribution is 0.299. The summed E-state index contributed by atoms with van der Waals surface area (Å²) in [7, 11) is 2.16. The molecule has 1 unspecified atom stereocenters. The fraction of sp³-hybridized carbons (Fsp3) is 0.438. The van der Waals surface area contributed by atoms with Crippen LogP contribution >= 0.6 is 11.3 Å². The van der Waals surface area contributed by atoms with Crippen LogP contribution in [0.2, 0.25) is 0 Å². The van der Waals surface area contributed by atoms with Gasteiger partial charge in [-0.15, -0.1) is 11.3 Å². The molecule has 0 spiro atoms. The molecule has 0 amide bonds. The molecule has 1 N–H and O–H groups in total. The fourth-order valence-corrected chi connectivity index (χ4v) is 2.89. The summed E-state index contributed by atoms with van der Waals surface area (Å²) in [6.45, 7) is 5.14. The predicted molar refractivity (Wildman–Crippen MR) is 85.9 cm³/mol. The molecule has 3 nitrogen and oxygen atoms in total. The largest absolute Gasteiger partial charge is 0.310 e. The van der Waals surface area contributed by atoms with E-state index in [-0.39, 0.29) is 0 Å². The molecule has 0 aliphatic rings. The number of hydrogen-bond donors (Lipinski definition) is 1. The van der Waals surface area contributed by atoms with E-state index in [1.807, 2.05) is 5.51 Å². The molecule has 0 bridgehead atoms. The van der Waals surface area contributed by atoms with Crippen LogP contribution in [0.4, 0.5) is 0 Å². The molecule has 2 rings (SSSR count). The van der Waals surface area contributed by atoms with Crippen molar-refractivity contribution in [3.63, 3.8) is 0 Å². The van der Waals surface area contributed by atoms with Crippen molar-refractivity contribution >= 4 is 11.3 Å². The van der Waals surface area contributed by atoms with Gasteiger partial charge in [0.25, 0.3) is 0 Å². The van der Waals surface area contributed by atoms with E-state index in [0.29, 0.717) is 6.04 Å². The van der Waals surface area contributed by atoms with Crippen LogP contribution in [-0.2, 0) is 6.54 Å². The Bertz CT molecular complexity index is 470. The molecule has 20 heavy (non-hydrogen) atoms. The van der Waals surface area contributed by atoms with Crippen molar-refractivity contribution in [2.45, 2.75) is 25.9 Å². The molecular weight excluding hydrogens is 266 g/mol. The van der Waals surface area contributed by atoms with Gasteiger partial charge in [0.1, 0.15) is 0 Å². The highest BCUT2D eigenvalue weighted by atomic mass is 32.1. The van der Waals surface area contributed by atoms with Crippen molar-refractivity contribution in [1.29, 1.82) is 0 Å². The van der Waals surface area contributed by atoms with Gasteiger partial charge in [-0.05, 0) is 25.6 Å². The molecule has 0 aliphatic heterocycles. The van der Waals surface area contributed by atoms with Crippen LogP contribution in [0.1, 0.15) is 30.6 Å². The Morgan fingerprint density at radius 3 is 2.75 bits per heavy atom. The molecule has 0 fully saturated rings. The van der Waals surface area contributed by atoms with Crippen LogP contribution in [0.3, 0.4) is 0 Å². The minimum Gasteiger partial charge on any atom is -0.310 e. The molecule has 1 aromatic carbocycles. The molecule has 0 radical (unpaired) electrons. The maximum Gasteiger partial charge on any atom is 0.0795 e. The summed E-state index contributed by atoms with van der Waals surface area (Å²) in [5, 5.41) is 5.69. The summed E-state index contributed by atoms with van der Waals surface area (Å²) in [6.07, 6.45) is 1.11. The second kappa shape index (κ2) is 8.15. The number of thiazole rings is 1. The number of rotatable bonds is 8. The van der Waals surface area contributed by atoms with Crippen LogP contribution in [0.15, 0.2) is 41.2 Å². The highest BCUT2D eigenvalue weighted by Gasteiger charge is 2.11. The Labute approximate surface area is 125 Å². The molecule has 0 aliphatic carbocycles. The Morgan fingerprint density at radius 1 is 1.30 bits per heavy atom. The lowest BCUT2D eigenvalue weighted by Gasteiger charge is -2.22. The minimum atomic E-state index is 0.430. The number of benzene rings is 1. The third-order valence-corrected chi connectivity index (χ3v) is 4.00. The summed E-state index contributed by atoms with van der Waals surface area (Å²) in [5.41, 5.74) is 4.43. The zero-order chi connectivity index (χ0) is 14.2. The van der Waals surface area contributed by atoms with Crippen molar-refractivity contribution in [2.24, 2.45) is 0 Å². The number of nitrogens with zero attached hydrogens (tertiary/aromatic N) is 2. The van der Waals surface area contributed by atoms with Crippen molar-refractivity contribution in [2.75, 3.05) is 20.1 Å². The standard InChI is InChI=1S/C16H23N3S/c1-3-17-16(14-7-5-4-6-8-14)9-10-19(2)11-15-12-20-13-18-15/h4-8,12-13,16-17H,3,9-11H2,1-2H3. The van der Waals surface area contributed by atoms with Gasteiger partial charge in [0.15, 0.2) is 0 Å². The van der Waals surface area contributed by atoms with Crippen molar-refractivity contribution in [3.8, 4) is 0 Å². The monoisotopic (exact) mass is 289 g/mol. The van der Waals surface area contributed by atoms with Crippen LogP contribution in [0.25, 0.3) is 0 Å². The van der Waals surface area contributed by atoms with Crippen molar-refractivity contribution in [3.05, 3.63) is 52.5 Å². The van der Waals surface area contributed by atoms with Gasteiger partial charge in [-0.2, -0.15) is 0 Å². The molecule has 2 aromatic rings. The first-order chi connectivity index (χ1) is 9.79. The number of hydrogen-bond acceptors (Lipinski definition) is 4. The number of aromatic nitrogens is 1. The van der Waals surface area contributed by atoms with E-state index in [4.69, 9.17) is 0 Å².